The maximum absolute atomic E-state index is 11.6. The first-order chi connectivity index (χ1) is 10.3. The molecule has 1 heterocycles. The van der Waals surface area contributed by atoms with Crippen LogP contribution in [0.2, 0.25) is 0 Å². The number of piperidine rings is 1. The Kier molecular flexibility index (Phi) is 8.18. The van der Waals surface area contributed by atoms with Gasteiger partial charge >= 0.3 is 6.09 Å². The predicted molar refractivity (Wildman–Crippen MR) is 91.2 cm³/mol. The van der Waals surface area contributed by atoms with Gasteiger partial charge in [-0.2, -0.15) is 0 Å². The summed E-state index contributed by atoms with van der Waals surface area (Å²) in [5, 5.41) is 6.50. The molecule has 0 aliphatic carbocycles. The summed E-state index contributed by atoms with van der Waals surface area (Å²) < 4.78 is 5.24. The number of carbonyl (C=O) groups is 1. The van der Waals surface area contributed by atoms with E-state index in [2.05, 4.69) is 29.5 Å². The third kappa shape index (κ3) is 8.59. The van der Waals surface area contributed by atoms with E-state index < -0.39 is 5.60 Å². The minimum atomic E-state index is -0.431. The van der Waals surface area contributed by atoms with Crippen LogP contribution in [0.4, 0.5) is 4.79 Å². The van der Waals surface area contributed by atoms with Crippen molar-refractivity contribution in [2.45, 2.75) is 65.0 Å². The van der Waals surface area contributed by atoms with Crippen molar-refractivity contribution in [1.82, 2.24) is 15.5 Å². The number of nitrogens with zero attached hydrogens (tertiary/aromatic N) is 1. The highest BCUT2D eigenvalue weighted by Gasteiger charge is 2.19. The fourth-order valence-corrected chi connectivity index (χ4v) is 2.89. The fourth-order valence-electron chi connectivity index (χ4n) is 2.89. The molecule has 0 bridgehead atoms. The minimum Gasteiger partial charge on any atom is -0.444 e. The van der Waals surface area contributed by atoms with Crippen molar-refractivity contribution in [3.63, 3.8) is 0 Å². The second-order valence-electron chi connectivity index (χ2n) is 7.50. The molecule has 5 heteroatoms. The smallest absolute Gasteiger partial charge is 0.407 e. The molecule has 1 amide bonds. The molecule has 2 N–H and O–H groups in total. The highest BCUT2D eigenvalue weighted by Crippen LogP contribution is 2.14. The van der Waals surface area contributed by atoms with Crippen LogP contribution in [0, 0.1) is 5.92 Å². The van der Waals surface area contributed by atoms with Gasteiger partial charge in [0.25, 0.3) is 0 Å². The maximum Gasteiger partial charge on any atom is 0.407 e. The summed E-state index contributed by atoms with van der Waals surface area (Å²) in [6.07, 6.45) is 4.33. The first-order valence-electron chi connectivity index (χ1n) is 8.69. The van der Waals surface area contributed by atoms with E-state index in [1.807, 2.05) is 20.8 Å². The first kappa shape index (κ1) is 19.2. The van der Waals surface area contributed by atoms with Gasteiger partial charge in [-0.15, -0.1) is 0 Å². The molecule has 0 aromatic carbocycles. The molecule has 22 heavy (non-hydrogen) atoms. The van der Waals surface area contributed by atoms with Crippen LogP contribution in [0.15, 0.2) is 0 Å². The number of hydrogen-bond acceptors (Lipinski definition) is 4. The van der Waals surface area contributed by atoms with Crippen molar-refractivity contribution in [2.75, 3.05) is 33.2 Å². The van der Waals surface area contributed by atoms with Gasteiger partial charge in [0.05, 0.1) is 0 Å². The zero-order chi connectivity index (χ0) is 16.6. The van der Waals surface area contributed by atoms with Crippen molar-refractivity contribution in [1.29, 1.82) is 0 Å². The van der Waals surface area contributed by atoms with Crippen molar-refractivity contribution in [3.05, 3.63) is 0 Å². The SMILES string of the molecule is CCC(CCNC(=O)OC(C)(C)C)NCC1CCCN(C)C1. The van der Waals surface area contributed by atoms with Crippen molar-refractivity contribution in [3.8, 4) is 0 Å². The second-order valence-corrected chi connectivity index (χ2v) is 7.50. The Bertz CT molecular complexity index is 328. The highest BCUT2D eigenvalue weighted by molar-refractivity contribution is 5.67. The topological polar surface area (TPSA) is 53.6 Å². The summed E-state index contributed by atoms with van der Waals surface area (Å²) >= 11 is 0. The Morgan fingerprint density at radius 1 is 1.41 bits per heavy atom. The number of likely N-dealkylation sites (tertiary alicyclic amines) is 1. The molecule has 0 aromatic rings. The van der Waals surface area contributed by atoms with Gasteiger partial charge in [0, 0.05) is 19.1 Å². The van der Waals surface area contributed by atoms with E-state index >= 15 is 0 Å². The van der Waals surface area contributed by atoms with Gasteiger partial charge in [0.2, 0.25) is 0 Å². The number of amides is 1. The Hall–Kier alpha value is -0.810. The molecule has 130 valence electrons. The molecule has 0 saturated carbocycles. The van der Waals surface area contributed by atoms with Gasteiger partial charge in [-0.3, -0.25) is 0 Å². The monoisotopic (exact) mass is 313 g/mol. The third-order valence-corrected chi connectivity index (χ3v) is 4.07. The van der Waals surface area contributed by atoms with Gasteiger partial charge in [-0.1, -0.05) is 6.92 Å². The molecular formula is C17H35N3O2. The molecule has 0 radical (unpaired) electrons. The van der Waals surface area contributed by atoms with Crippen molar-refractivity contribution < 1.29 is 9.53 Å². The van der Waals surface area contributed by atoms with E-state index in [0.717, 1.165) is 25.3 Å². The lowest BCUT2D eigenvalue weighted by Gasteiger charge is -2.31. The van der Waals surface area contributed by atoms with Gasteiger partial charge in [0.15, 0.2) is 0 Å². The van der Waals surface area contributed by atoms with E-state index in [1.165, 1.54) is 25.9 Å². The molecule has 2 atom stereocenters. The van der Waals surface area contributed by atoms with E-state index in [4.69, 9.17) is 4.74 Å². The Morgan fingerprint density at radius 3 is 2.73 bits per heavy atom. The maximum atomic E-state index is 11.6. The van der Waals surface area contributed by atoms with Gasteiger partial charge < -0.3 is 20.3 Å². The van der Waals surface area contributed by atoms with Crippen molar-refractivity contribution in [2.24, 2.45) is 5.92 Å². The van der Waals surface area contributed by atoms with Crippen LogP contribution in [0.3, 0.4) is 0 Å². The molecule has 5 nitrogen and oxygen atoms in total. The van der Waals surface area contributed by atoms with Crippen LogP contribution in [0.1, 0.15) is 53.4 Å². The zero-order valence-electron chi connectivity index (χ0n) is 15.1. The average molecular weight is 313 g/mol. The van der Waals surface area contributed by atoms with E-state index in [-0.39, 0.29) is 6.09 Å². The predicted octanol–water partition coefficient (Wildman–Crippen LogP) is 2.61. The largest absolute Gasteiger partial charge is 0.444 e. The highest BCUT2D eigenvalue weighted by atomic mass is 16.6. The third-order valence-electron chi connectivity index (χ3n) is 4.07. The summed E-state index contributed by atoms with van der Waals surface area (Å²) in [4.78, 5) is 14.0. The first-order valence-corrected chi connectivity index (χ1v) is 8.69. The van der Waals surface area contributed by atoms with Crippen LogP contribution in [0.5, 0.6) is 0 Å². The molecule has 1 aliphatic rings. The van der Waals surface area contributed by atoms with Crippen LogP contribution < -0.4 is 10.6 Å². The summed E-state index contributed by atoms with van der Waals surface area (Å²) in [7, 11) is 2.20. The van der Waals surface area contributed by atoms with Gasteiger partial charge in [0.1, 0.15) is 5.60 Å². The van der Waals surface area contributed by atoms with Gasteiger partial charge in [-0.05, 0) is 72.5 Å². The van der Waals surface area contributed by atoms with Gasteiger partial charge in [-0.25, -0.2) is 4.79 Å². The molecule has 0 spiro atoms. The minimum absolute atomic E-state index is 0.323. The molecule has 1 saturated heterocycles. The normalized spacial score (nSPS) is 21.4. The number of rotatable bonds is 7. The summed E-state index contributed by atoms with van der Waals surface area (Å²) in [5.74, 6) is 0.756. The number of alkyl carbamates (subject to hydrolysis) is 1. The molecule has 1 aliphatic heterocycles. The van der Waals surface area contributed by atoms with Crippen LogP contribution in [-0.2, 0) is 4.74 Å². The van der Waals surface area contributed by atoms with Crippen LogP contribution in [-0.4, -0.2) is 55.9 Å². The Balaban J connectivity index is 2.17. The quantitative estimate of drug-likeness (QED) is 0.758. The standard InChI is InChI=1S/C17H35N3O2/c1-6-15(9-10-18-16(21)22-17(2,3)4)19-12-14-8-7-11-20(5)13-14/h14-15,19H,6-13H2,1-5H3,(H,18,21). The lowest BCUT2D eigenvalue weighted by molar-refractivity contribution is 0.0525. The number of carbonyl (C=O) groups excluding carboxylic acids is 1. The summed E-state index contributed by atoms with van der Waals surface area (Å²) in [5.41, 5.74) is -0.431. The average Bonchev–Trinajstić information content (AvgIpc) is 2.40. The number of nitrogens with one attached hydrogen (secondary N) is 2. The molecule has 1 fully saturated rings. The second kappa shape index (κ2) is 9.36. The Morgan fingerprint density at radius 2 is 2.14 bits per heavy atom. The fraction of sp³-hybridized carbons (Fsp3) is 0.941. The molecule has 2 unspecified atom stereocenters. The van der Waals surface area contributed by atoms with Crippen LogP contribution >= 0.6 is 0 Å². The number of ether oxygens (including phenoxy) is 1. The van der Waals surface area contributed by atoms with Crippen molar-refractivity contribution >= 4 is 6.09 Å². The molecule has 1 rings (SSSR count). The summed E-state index contributed by atoms with van der Waals surface area (Å²) in [6, 6.07) is 0.460. The Labute approximate surface area is 136 Å². The molecular weight excluding hydrogens is 278 g/mol. The van der Waals surface area contributed by atoms with E-state index in [9.17, 15) is 4.79 Å². The molecule has 0 aromatic heterocycles. The van der Waals surface area contributed by atoms with E-state index in [0.29, 0.717) is 12.6 Å². The zero-order valence-corrected chi connectivity index (χ0v) is 15.1. The number of hydrogen-bond donors (Lipinski definition) is 2. The van der Waals surface area contributed by atoms with E-state index in [1.54, 1.807) is 0 Å². The lowest BCUT2D eigenvalue weighted by Crippen LogP contribution is -2.41. The lowest BCUT2D eigenvalue weighted by atomic mass is 9.98. The summed E-state index contributed by atoms with van der Waals surface area (Å²) in [6.45, 7) is 12.0. The van der Waals surface area contributed by atoms with Crippen LogP contribution in [0.25, 0.3) is 0 Å².